The van der Waals surface area contributed by atoms with Gasteiger partial charge in [-0.15, -0.1) is 0 Å². The monoisotopic (exact) mass is 365 g/mol. The minimum absolute atomic E-state index is 0.000890. The molecular weight excluding hydrogens is 347 g/mol. The highest BCUT2D eigenvalue weighted by molar-refractivity contribution is 5.94. The summed E-state index contributed by atoms with van der Waals surface area (Å²) in [6.07, 6.45) is -4.11. The van der Waals surface area contributed by atoms with E-state index in [4.69, 9.17) is 0 Å². The van der Waals surface area contributed by atoms with Crippen LogP contribution in [0.15, 0.2) is 48.7 Å². The number of carbonyl (C=O) groups excluding carboxylic acids is 1. The quantitative estimate of drug-likeness (QED) is 0.779. The first-order valence-electron chi connectivity index (χ1n) is 8.13. The first-order chi connectivity index (χ1) is 12.3. The van der Waals surface area contributed by atoms with Crippen molar-refractivity contribution in [2.45, 2.75) is 24.2 Å². The van der Waals surface area contributed by atoms with Crippen LogP contribution in [0.2, 0.25) is 0 Å². The van der Waals surface area contributed by atoms with Crippen LogP contribution < -0.4 is 10.6 Å². The molecule has 2 aromatic rings. The predicted molar refractivity (Wildman–Crippen MR) is 88.3 cm³/mol. The van der Waals surface area contributed by atoms with Crippen LogP contribution in [0.3, 0.4) is 0 Å². The van der Waals surface area contributed by atoms with Crippen LogP contribution in [-0.2, 0) is 11.7 Å². The van der Waals surface area contributed by atoms with Crippen molar-refractivity contribution >= 4 is 5.91 Å². The van der Waals surface area contributed by atoms with Crippen LogP contribution in [-0.4, -0.2) is 35.2 Å². The van der Waals surface area contributed by atoms with E-state index in [-0.39, 0.29) is 5.56 Å². The maximum atomic E-state index is 12.6. The maximum Gasteiger partial charge on any atom is 0.433 e. The number of piperidine rings is 1. The Kier molecular flexibility index (Phi) is 4.97. The molecule has 0 spiro atoms. The van der Waals surface area contributed by atoms with Gasteiger partial charge in [0.1, 0.15) is 5.69 Å². The summed E-state index contributed by atoms with van der Waals surface area (Å²) >= 11 is 0. The second-order valence-electron chi connectivity index (χ2n) is 6.19. The second kappa shape index (κ2) is 7.05. The van der Waals surface area contributed by atoms with Crippen molar-refractivity contribution in [2.75, 3.05) is 13.1 Å². The Bertz CT molecular complexity index is 766. The molecule has 0 radical (unpaired) electrons. The zero-order valence-corrected chi connectivity index (χ0v) is 13.8. The number of alkyl halides is 3. The lowest BCUT2D eigenvalue weighted by Gasteiger charge is -2.43. The van der Waals surface area contributed by atoms with E-state index in [1.54, 1.807) is 24.3 Å². The second-order valence-corrected chi connectivity index (χ2v) is 6.19. The lowest BCUT2D eigenvalue weighted by molar-refractivity contribution is -0.141. The lowest BCUT2D eigenvalue weighted by Crippen LogP contribution is -2.61. The fourth-order valence-corrected chi connectivity index (χ4v) is 3.13. The van der Waals surface area contributed by atoms with E-state index in [2.05, 4.69) is 15.6 Å². The van der Waals surface area contributed by atoms with Crippen LogP contribution in [0.25, 0.3) is 0 Å². The molecule has 26 heavy (non-hydrogen) atoms. The van der Waals surface area contributed by atoms with E-state index in [0.717, 1.165) is 23.9 Å². The number of hydrogen-bond donors (Lipinski definition) is 3. The summed E-state index contributed by atoms with van der Waals surface area (Å²) in [5, 5.41) is 16.5. The molecule has 0 bridgehead atoms. The number of nitrogens with zero attached hydrogens (tertiary/aromatic N) is 1. The smallest absolute Gasteiger partial charge is 0.389 e. The number of benzene rings is 1. The van der Waals surface area contributed by atoms with Gasteiger partial charge in [-0.05, 0) is 30.7 Å². The fraction of sp³-hybridized carbons (Fsp3) is 0.333. The number of pyridine rings is 1. The summed E-state index contributed by atoms with van der Waals surface area (Å²) in [6.45, 7) is 0.873. The van der Waals surface area contributed by atoms with Crippen molar-refractivity contribution in [1.29, 1.82) is 0 Å². The zero-order chi connectivity index (χ0) is 18.8. The van der Waals surface area contributed by atoms with Crippen LogP contribution in [0.5, 0.6) is 0 Å². The summed E-state index contributed by atoms with van der Waals surface area (Å²) in [5.41, 5.74) is -1.35. The van der Waals surface area contributed by atoms with Crippen molar-refractivity contribution in [2.24, 2.45) is 0 Å². The lowest BCUT2D eigenvalue weighted by atomic mass is 9.79. The number of rotatable bonds is 3. The molecular formula is C18H18F3N3O2. The van der Waals surface area contributed by atoms with Gasteiger partial charge in [-0.3, -0.25) is 9.78 Å². The summed E-state index contributed by atoms with van der Waals surface area (Å²) in [6, 6.07) is 10.9. The molecule has 2 heterocycles. The standard InChI is InChI=1S/C18H18F3N3O2/c19-18(20,21)14-7-6-12(10-23-14)16(26)24-17(8-9-22-11-15(17)25)13-4-2-1-3-5-13/h1-7,10,15,22,25H,8-9,11H2,(H,24,26)/t15-,17+/m1/s1. The molecule has 1 fully saturated rings. The number of aliphatic hydroxyl groups is 1. The molecule has 3 rings (SSSR count). The Hall–Kier alpha value is -2.45. The molecule has 0 aliphatic carbocycles. The van der Waals surface area contributed by atoms with Gasteiger partial charge < -0.3 is 15.7 Å². The molecule has 1 aromatic carbocycles. The molecule has 0 saturated carbocycles. The maximum absolute atomic E-state index is 12.6. The number of aliphatic hydroxyl groups excluding tert-OH is 1. The van der Waals surface area contributed by atoms with Gasteiger partial charge >= 0.3 is 6.18 Å². The average molecular weight is 365 g/mol. The summed E-state index contributed by atoms with van der Waals surface area (Å²) in [4.78, 5) is 16.0. The molecule has 0 unspecified atom stereocenters. The van der Waals surface area contributed by atoms with Crippen LogP contribution in [0.4, 0.5) is 13.2 Å². The third-order valence-electron chi connectivity index (χ3n) is 4.54. The fourth-order valence-electron chi connectivity index (χ4n) is 3.13. The normalized spacial score (nSPS) is 23.5. The average Bonchev–Trinajstić information content (AvgIpc) is 2.64. The number of aromatic nitrogens is 1. The molecule has 1 saturated heterocycles. The van der Waals surface area contributed by atoms with Crippen molar-refractivity contribution < 1.29 is 23.1 Å². The Morgan fingerprint density at radius 1 is 1.23 bits per heavy atom. The van der Waals surface area contributed by atoms with Gasteiger partial charge in [0, 0.05) is 12.7 Å². The molecule has 1 aliphatic rings. The van der Waals surface area contributed by atoms with Crippen LogP contribution >= 0.6 is 0 Å². The Morgan fingerprint density at radius 3 is 2.54 bits per heavy atom. The van der Waals surface area contributed by atoms with Gasteiger partial charge in [0.15, 0.2) is 0 Å². The molecule has 8 heteroatoms. The first-order valence-corrected chi connectivity index (χ1v) is 8.13. The number of hydrogen-bond acceptors (Lipinski definition) is 4. The minimum Gasteiger partial charge on any atom is -0.389 e. The van der Waals surface area contributed by atoms with E-state index in [9.17, 15) is 23.1 Å². The Balaban J connectivity index is 1.89. The number of β-amino-alcohol motifs (C(OH)–C–C–N with tert-alkyl or cyclic N) is 1. The summed E-state index contributed by atoms with van der Waals surface area (Å²) < 4.78 is 37.9. The third kappa shape index (κ3) is 3.56. The molecule has 1 aromatic heterocycles. The highest BCUT2D eigenvalue weighted by Crippen LogP contribution is 2.32. The molecule has 2 atom stereocenters. The van der Waals surface area contributed by atoms with Gasteiger partial charge in [0.25, 0.3) is 5.91 Å². The topological polar surface area (TPSA) is 74.2 Å². The predicted octanol–water partition coefficient (Wildman–Crippen LogP) is 2.08. The van der Waals surface area contributed by atoms with E-state index in [1.807, 2.05) is 6.07 Å². The minimum atomic E-state index is -4.56. The molecule has 1 amide bonds. The number of carbonyl (C=O) groups is 1. The highest BCUT2D eigenvalue weighted by atomic mass is 19.4. The van der Waals surface area contributed by atoms with Gasteiger partial charge in [-0.25, -0.2) is 0 Å². The summed E-state index contributed by atoms with van der Waals surface area (Å²) in [5.74, 6) is -0.587. The van der Waals surface area contributed by atoms with Crippen molar-refractivity contribution in [3.05, 3.63) is 65.5 Å². The van der Waals surface area contributed by atoms with E-state index in [0.29, 0.717) is 19.5 Å². The van der Waals surface area contributed by atoms with Crippen molar-refractivity contribution in [3.8, 4) is 0 Å². The van der Waals surface area contributed by atoms with Crippen LogP contribution in [0.1, 0.15) is 28.0 Å². The number of halogens is 3. The van der Waals surface area contributed by atoms with Gasteiger partial charge in [0.05, 0.1) is 17.2 Å². The van der Waals surface area contributed by atoms with Crippen molar-refractivity contribution in [3.63, 3.8) is 0 Å². The van der Waals surface area contributed by atoms with Gasteiger partial charge in [-0.1, -0.05) is 30.3 Å². The first kappa shape index (κ1) is 18.3. The van der Waals surface area contributed by atoms with E-state index in [1.165, 1.54) is 0 Å². The van der Waals surface area contributed by atoms with Crippen LogP contribution in [0, 0.1) is 0 Å². The Labute approximate surface area is 148 Å². The molecule has 1 aliphatic heterocycles. The summed E-state index contributed by atoms with van der Waals surface area (Å²) in [7, 11) is 0. The van der Waals surface area contributed by atoms with Gasteiger partial charge in [-0.2, -0.15) is 13.2 Å². The van der Waals surface area contributed by atoms with Gasteiger partial charge in [0.2, 0.25) is 0 Å². The number of amides is 1. The molecule has 138 valence electrons. The largest absolute Gasteiger partial charge is 0.433 e. The van der Waals surface area contributed by atoms with Crippen molar-refractivity contribution in [1.82, 2.24) is 15.6 Å². The SMILES string of the molecule is O=C(N[C@]1(c2ccccc2)CCNC[C@H]1O)c1ccc(C(F)(F)F)nc1. The molecule has 5 nitrogen and oxygen atoms in total. The highest BCUT2D eigenvalue weighted by Gasteiger charge is 2.43. The molecule has 3 N–H and O–H groups in total. The van der Waals surface area contributed by atoms with E-state index < -0.39 is 29.4 Å². The Morgan fingerprint density at radius 2 is 1.96 bits per heavy atom. The third-order valence-corrected chi connectivity index (χ3v) is 4.54. The number of nitrogens with one attached hydrogen (secondary N) is 2. The van der Waals surface area contributed by atoms with E-state index >= 15 is 0 Å². The zero-order valence-electron chi connectivity index (χ0n) is 13.8.